The number of aromatic nitrogens is 2. The summed E-state index contributed by atoms with van der Waals surface area (Å²) < 4.78 is 10.2. The van der Waals surface area contributed by atoms with Gasteiger partial charge in [-0.1, -0.05) is 12.1 Å². The van der Waals surface area contributed by atoms with E-state index in [1.165, 1.54) is 0 Å². The Kier molecular flexibility index (Phi) is 5.84. The number of nitrogens with zero attached hydrogens (tertiary/aromatic N) is 2. The molecule has 0 saturated carbocycles. The first-order valence-corrected chi connectivity index (χ1v) is 8.34. The molecule has 0 aliphatic heterocycles. The quantitative estimate of drug-likeness (QED) is 0.669. The van der Waals surface area contributed by atoms with E-state index in [0.717, 1.165) is 11.3 Å². The molecule has 0 aliphatic rings. The molecular formula is C20H20N4O3. The van der Waals surface area contributed by atoms with E-state index in [0.29, 0.717) is 29.5 Å². The molecule has 0 atom stereocenters. The monoisotopic (exact) mass is 364 g/mol. The fourth-order valence-corrected chi connectivity index (χ4v) is 2.36. The lowest BCUT2D eigenvalue weighted by Gasteiger charge is -2.08. The highest BCUT2D eigenvalue weighted by Crippen LogP contribution is 2.15. The van der Waals surface area contributed by atoms with Crippen molar-refractivity contribution >= 4 is 17.5 Å². The first-order chi connectivity index (χ1) is 13.2. The molecule has 0 spiro atoms. The van der Waals surface area contributed by atoms with E-state index in [2.05, 4.69) is 20.8 Å². The topological polar surface area (TPSA) is 85.4 Å². The fourth-order valence-electron chi connectivity index (χ4n) is 2.36. The summed E-state index contributed by atoms with van der Waals surface area (Å²) in [6, 6.07) is 18.1. The highest BCUT2D eigenvalue weighted by molar-refractivity contribution is 6.03. The van der Waals surface area contributed by atoms with Crippen LogP contribution in [0.3, 0.4) is 0 Å². The van der Waals surface area contributed by atoms with E-state index in [-0.39, 0.29) is 5.91 Å². The second-order valence-electron chi connectivity index (χ2n) is 5.69. The Bertz CT molecular complexity index is 879. The van der Waals surface area contributed by atoms with E-state index >= 15 is 0 Å². The van der Waals surface area contributed by atoms with Crippen molar-refractivity contribution in [3.05, 3.63) is 71.8 Å². The van der Waals surface area contributed by atoms with E-state index < -0.39 is 0 Å². The Morgan fingerprint density at radius 2 is 1.37 bits per heavy atom. The number of rotatable bonds is 7. The van der Waals surface area contributed by atoms with Gasteiger partial charge in [0.15, 0.2) is 5.82 Å². The average Bonchev–Trinajstić information content (AvgIpc) is 2.73. The van der Waals surface area contributed by atoms with E-state index in [9.17, 15) is 4.79 Å². The molecule has 3 aromatic rings. The van der Waals surface area contributed by atoms with Crippen molar-refractivity contribution in [3.8, 4) is 11.5 Å². The molecule has 0 aliphatic carbocycles. The van der Waals surface area contributed by atoms with Crippen LogP contribution in [-0.4, -0.2) is 30.3 Å². The molecule has 7 nitrogen and oxygen atoms in total. The SMILES string of the molecule is COc1ccc(CNc2ccc(NC(=O)c3ccc(OC)cc3)nn2)cc1. The van der Waals surface area contributed by atoms with Gasteiger partial charge in [-0.2, -0.15) is 0 Å². The Morgan fingerprint density at radius 1 is 0.815 bits per heavy atom. The van der Waals surface area contributed by atoms with Crippen LogP contribution in [0.5, 0.6) is 11.5 Å². The van der Waals surface area contributed by atoms with Gasteiger partial charge in [-0.3, -0.25) is 4.79 Å². The molecule has 1 aromatic heterocycles. The molecule has 7 heteroatoms. The summed E-state index contributed by atoms with van der Waals surface area (Å²) in [5, 5.41) is 14.0. The Labute approximate surface area is 157 Å². The van der Waals surface area contributed by atoms with Crippen molar-refractivity contribution in [1.82, 2.24) is 10.2 Å². The predicted molar refractivity (Wildman–Crippen MR) is 103 cm³/mol. The van der Waals surface area contributed by atoms with Gasteiger partial charge in [0.25, 0.3) is 5.91 Å². The number of hydrogen-bond acceptors (Lipinski definition) is 6. The lowest BCUT2D eigenvalue weighted by atomic mass is 10.2. The summed E-state index contributed by atoms with van der Waals surface area (Å²) in [4.78, 5) is 12.2. The zero-order valence-electron chi connectivity index (χ0n) is 15.1. The minimum atomic E-state index is -0.258. The van der Waals surface area contributed by atoms with Gasteiger partial charge in [0.05, 0.1) is 14.2 Å². The minimum absolute atomic E-state index is 0.258. The minimum Gasteiger partial charge on any atom is -0.497 e. The average molecular weight is 364 g/mol. The Hall–Kier alpha value is -3.61. The third-order valence-electron chi connectivity index (χ3n) is 3.89. The maximum Gasteiger partial charge on any atom is 0.256 e. The van der Waals surface area contributed by atoms with Crippen molar-refractivity contribution in [1.29, 1.82) is 0 Å². The van der Waals surface area contributed by atoms with Gasteiger partial charge in [0.1, 0.15) is 17.3 Å². The number of carbonyl (C=O) groups excluding carboxylic acids is 1. The van der Waals surface area contributed by atoms with E-state index in [1.54, 1.807) is 50.6 Å². The zero-order valence-corrected chi connectivity index (χ0v) is 15.1. The molecule has 1 heterocycles. The molecule has 0 unspecified atom stereocenters. The van der Waals surface area contributed by atoms with Crippen LogP contribution in [0.2, 0.25) is 0 Å². The van der Waals surface area contributed by atoms with Crippen molar-refractivity contribution in [2.24, 2.45) is 0 Å². The van der Waals surface area contributed by atoms with Crippen molar-refractivity contribution in [2.75, 3.05) is 24.9 Å². The van der Waals surface area contributed by atoms with Gasteiger partial charge in [-0.15, -0.1) is 10.2 Å². The van der Waals surface area contributed by atoms with Gasteiger partial charge in [-0.05, 0) is 54.1 Å². The van der Waals surface area contributed by atoms with Crippen LogP contribution in [-0.2, 0) is 6.54 Å². The van der Waals surface area contributed by atoms with Crippen LogP contribution in [0.1, 0.15) is 15.9 Å². The van der Waals surface area contributed by atoms with Gasteiger partial charge >= 0.3 is 0 Å². The summed E-state index contributed by atoms with van der Waals surface area (Å²) in [6.07, 6.45) is 0. The number of methoxy groups -OCH3 is 2. The predicted octanol–water partition coefficient (Wildman–Crippen LogP) is 3.36. The van der Waals surface area contributed by atoms with Crippen LogP contribution in [0.4, 0.5) is 11.6 Å². The number of nitrogens with one attached hydrogen (secondary N) is 2. The van der Waals surface area contributed by atoms with Gasteiger partial charge in [-0.25, -0.2) is 0 Å². The maximum absolute atomic E-state index is 12.2. The number of amides is 1. The van der Waals surface area contributed by atoms with Gasteiger partial charge in [0, 0.05) is 12.1 Å². The summed E-state index contributed by atoms with van der Waals surface area (Å²) >= 11 is 0. The third-order valence-corrected chi connectivity index (χ3v) is 3.89. The smallest absolute Gasteiger partial charge is 0.256 e. The van der Waals surface area contributed by atoms with Crippen molar-refractivity contribution < 1.29 is 14.3 Å². The number of benzene rings is 2. The van der Waals surface area contributed by atoms with Crippen LogP contribution in [0.25, 0.3) is 0 Å². The molecule has 0 bridgehead atoms. The second-order valence-corrected chi connectivity index (χ2v) is 5.69. The summed E-state index contributed by atoms with van der Waals surface area (Å²) in [7, 11) is 3.22. The zero-order chi connectivity index (χ0) is 19.1. The lowest BCUT2D eigenvalue weighted by molar-refractivity contribution is 0.102. The largest absolute Gasteiger partial charge is 0.497 e. The lowest BCUT2D eigenvalue weighted by Crippen LogP contribution is -2.13. The molecule has 2 N–H and O–H groups in total. The first kappa shape index (κ1) is 18.2. The molecule has 3 rings (SSSR count). The van der Waals surface area contributed by atoms with Crippen LogP contribution in [0.15, 0.2) is 60.7 Å². The van der Waals surface area contributed by atoms with E-state index in [4.69, 9.17) is 9.47 Å². The molecule has 27 heavy (non-hydrogen) atoms. The Morgan fingerprint density at radius 3 is 1.93 bits per heavy atom. The van der Waals surface area contributed by atoms with Crippen LogP contribution >= 0.6 is 0 Å². The van der Waals surface area contributed by atoms with E-state index in [1.807, 2.05) is 24.3 Å². The van der Waals surface area contributed by atoms with Crippen molar-refractivity contribution in [3.63, 3.8) is 0 Å². The van der Waals surface area contributed by atoms with Crippen LogP contribution in [0, 0.1) is 0 Å². The van der Waals surface area contributed by atoms with Crippen molar-refractivity contribution in [2.45, 2.75) is 6.54 Å². The van der Waals surface area contributed by atoms with Gasteiger partial charge in [0.2, 0.25) is 0 Å². The number of anilines is 2. The normalized spacial score (nSPS) is 10.1. The number of carbonyl (C=O) groups is 1. The Balaban J connectivity index is 1.55. The second kappa shape index (κ2) is 8.66. The highest BCUT2D eigenvalue weighted by atomic mass is 16.5. The standard InChI is InChI=1S/C20H20N4O3/c1-26-16-7-3-14(4-8-16)13-21-18-11-12-19(24-23-18)22-20(25)15-5-9-17(27-2)10-6-15/h3-12H,13H2,1-2H3,(H,21,23)(H,22,24,25). The number of hydrogen-bond donors (Lipinski definition) is 2. The third kappa shape index (κ3) is 4.94. The molecule has 0 saturated heterocycles. The summed E-state index contributed by atoms with van der Waals surface area (Å²) in [5.74, 6) is 2.25. The van der Waals surface area contributed by atoms with Crippen LogP contribution < -0.4 is 20.1 Å². The van der Waals surface area contributed by atoms with Gasteiger partial charge < -0.3 is 20.1 Å². The fraction of sp³-hybridized carbons (Fsp3) is 0.150. The maximum atomic E-state index is 12.2. The summed E-state index contributed by atoms with van der Waals surface area (Å²) in [6.45, 7) is 0.607. The molecule has 0 fully saturated rings. The molecule has 1 amide bonds. The number of ether oxygens (including phenoxy) is 2. The molecule has 138 valence electrons. The summed E-state index contributed by atoms with van der Waals surface area (Å²) in [5.41, 5.74) is 1.61. The molecular weight excluding hydrogens is 344 g/mol. The molecule has 0 radical (unpaired) electrons. The molecule has 2 aromatic carbocycles. The highest BCUT2D eigenvalue weighted by Gasteiger charge is 2.07. The first-order valence-electron chi connectivity index (χ1n) is 8.34.